The molecule has 0 amide bonds. The Balaban J connectivity index is 2.32. The van der Waals surface area contributed by atoms with Gasteiger partial charge in [0.15, 0.2) is 0 Å². The highest BCUT2D eigenvalue weighted by Crippen LogP contribution is 2.28. The average molecular weight is 228 g/mol. The Kier molecular flexibility index (Phi) is 6.32. The van der Waals surface area contributed by atoms with Gasteiger partial charge >= 0.3 is 0 Å². The first-order chi connectivity index (χ1) is 7.72. The molecule has 0 aromatic carbocycles. The van der Waals surface area contributed by atoms with Crippen LogP contribution >= 0.6 is 0 Å². The van der Waals surface area contributed by atoms with Crippen LogP contribution in [0, 0.1) is 11.3 Å². The second-order valence-electron chi connectivity index (χ2n) is 5.33. The van der Waals surface area contributed by atoms with E-state index in [1.165, 1.54) is 19.3 Å². The summed E-state index contributed by atoms with van der Waals surface area (Å²) in [7, 11) is 1.82. The molecule has 96 valence electrons. The van der Waals surface area contributed by atoms with Gasteiger partial charge < -0.3 is 15.4 Å². The molecule has 1 atom stereocenters. The van der Waals surface area contributed by atoms with Crippen LogP contribution in [-0.2, 0) is 4.74 Å². The van der Waals surface area contributed by atoms with E-state index in [0.717, 1.165) is 38.7 Å². The quantitative estimate of drug-likeness (QED) is 0.695. The maximum absolute atomic E-state index is 5.40. The molecule has 0 aromatic rings. The number of rotatable bonds is 7. The second-order valence-corrected chi connectivity index (χ2v) is 5.33. The largest absolute Gasteiger partial charge is 0.384 e. The molecule has 1 saturated heterocycles. The first-order valence-electron chi connectivity index (χ1n) is 6.63. The highest BCUT2D eigenvalue weighted by atomic mass is 16.5. The summed E-state index contributed by atoms with van der Waals surface area (Å²) in [4.78, 5) is 0. The minimum Gasteiger partial charge on any atom is -0.384 e. The summed E-state index contributed by atoms with van der Waals surface area (Å²) >= 11 is 0. The molecule has 16 heavy (non-hydrogen) atoms. The molecule has 3 heteroatoms. The lowest BCUT2D eigenvalue weighted by molar-refractivity contribution is 0.0531. The van der Waals surface area contributed by atoms with Crippen LogP contribution in [-0.4, -0.2) is 39.9 Å². The lowest BCUT2D eigenvalue weighted by Gasteiger charge is -2.37. The fourth-order valence-corrected chi connectivity index (χ4v) is 2.36. The first kappa shape index (κ1) is 13.9. The summed E-state index contributed by atoms with van der Waals surface area (Å²) in [6.45, 7) is 9.95. The summed E-state index contributed by atoms with van der Waals surface area (Å²) in [5, 5.41) is 7.05. The predicted octanol–water partition coefficient (Wildman–Crippen LogP) is 1.64. The van der Waals surface area contributed by atoms with Gasteiger partial charge in [-0.2, -0.15) is 0 Å². The normalized spacial score (nSPS) is 21.9. The molecule has 1 aliphatic heterocycles. The fraction of sp³-hybridized carbons (Fsp3) is 1.00. The van der Waals surface area contributed by atoms with Gasteiger partial charge in [-0.05, 0) is 38.4 Å². The van der Waals surface area contributed by atoms with Crippen LogP contribution < -0.4 is 10.6 Å². The highest BCUT2D eigenvalue weighted by molar-refractivity contribution is 4.86. The van der Waals surface area contributed by atoms with Gasteiger partial charge in [-0.1, -0.05) is 20.3 Å². The fourth-order valence-electron chi connectivity index (χ4n) is 2.36. The summed E-state index contributed by atoms with van der Waals surface area (Å²) in [6.07, 6.45) is 3.72. The van der Waals surface area contributed by atoms with Crippen molar-refractivity contribution in [3.63, 3.8) is 0 Å². The Morgan fingerprint density at radius 1 is 1.38 bits per heavy atom. The number of piperidine rings is 1. The predicted molar refractivity (Wildman–Crippen MR) is 68.7 cm³/mol. The third kappa shape index (κ3) is 4.40. The van der Waals surface area contributed by atoms with Gasteiger partial charge in [0.25, 0.3) is 0 Å². The van der Waals surface area contributed by atoms with Gasteiger partial charge in [-0.3, -0.25) is 0 Å². The van der Waals surface area contributed by atoms with Crippen LogP contribution in [0.3, 0.4) is 0 Å². The van der Waals surface area contributed by atoms with Crippen LogP contribution in [0.2, 0.25) is 0 Å². The molecule has 2 N–H and O–H groups in total. The van der Waals surface area contributed by atoms with Gasteiger partial charge in [0.2, 0.25) is 0 Å². The molecule has 3 nitrogen and oxygen atoms in total. The average Bonchev–Trinajstić information content (AvgIpc) is 2.30. The highest BCUT2D eigenvalue weighted by Gasteiger charge is 2.31. The summed E-state index contributed by atoms with van der Waals surface area (Å²) in [5.74, 6) is 0.779. The lowest BCUT2D eigenvalue weighted by atomic mass is 9.79. The van der Waals surface area contributed by atoms with Gasteiger partial charge in [0, 0.05) is 19.1 Å². The Labute approximate surface area is 100 Å². The van der Waals surface area contributed by atoms with Crippen LogP contribution in [0.15, 0.2) is 0 Å². The number of ether oxygens (including phenoxy) is 1. The lowest BCUT2D eigenvalue weighted by Crippen LogP contribution is -2.46. The van der Waals surface area contributed by atoms with Crippen LogP contribution in [0.25, 0.3) is 0 Å². The van der Waals surface area contributed by atoms with E-state index in [9.17, 15) is 0 Å². The number of hydrogen-bond acceptors (Lipinski definition) is 3. The van der Waals surface area contributed by atoms with Crippen LogP contribution in [0.4, 0.5) is 0 Å². The van der Waals surface area contributed by atoms with Crippen molar-refractivity contribution < 1.29 is 4.74 Å². The van der Waals surface area contributed by atoms with E-state index in [1.807, 2.05) is 7.11 Å². The van der Waals surface area contributed by atoms with E-state index in [2.05, 4.69) is 24.5 Å². The topological polar surface area (TPSA) is 33.3 Å². The van der Waals surface area contributed by atoms with E-state index in [-0.39, 0.29) is 0 Å². The molecular formula is C13H28N2O. The van der Waals surface area contributed by atoms with E-state index >= 15 is 0 Å². The number of hydrogen-bond donors (Lipinski definition) is 2. The van der Waals surface area contributed by atoms with Gasteiger partial charge in [0.1, 0.15) is 0 Å². The monoisotopic (exact) mass is 228 g/mol. The molecule has 0 radical (unpaired) electrons. The molecule has 1 rings (SSSR count). The molecule has 0 aromatic heterocycles. The van der Waals surface area contributed by atoms with Crippen molar-refractivity contribution in [2.45, 2.75) is 33.1 Å². The van der Waals surface area contributed by atoms with Gasteiger partial charge in [-0.25, -0.2) is 0 Å². The molecule has 0 spiro atoms. The van der Waals surface area contributed by atoms with Crippen LogP contribution in [0.1, 0.15) is 33.1 Å². The molecule has 0 saturated carbocycles. The summed E-state index contributed by atoms with van der Waals surface area (Å²) < 4.78 is 5.40. The maximum atomic E-state index is 5.40. The second kappa shape index (κ2) is 7.25. The first-order valence-corrected chi connectivity index (χ1v) is 6.63. The summed E-state index contributed by atoms with van der Waals surface area (Å²) in [6, 6.07) is 0. The maximum Gasteiger partial charge on any atom is 0.0531 e. The molecule has 0 aliphatic carbocycles. The standard InChI is InChI=1S/C13H28N2O/c1-4-12(2)9-15-10-13(11-16-3)5-7-14-8-6-13/h12,14-15H,4-11H2,1-3H3. The molecule has 1 fully saturated rings. The summed E-state index contributed by atoms with van der Waals surface area (Å²) in [5.41, 5.74) is 0.369. The van der Waals surface area contributed by atoms with Crippen LogP contribution in [0.5, 0.6) is 0 Å². The zero-order valence-electron chi connectivity index (χ0n) is 11.1. The Hall–Kier alpha value is -0.120. The number of nitrogens with one attached hydrogen (secondary N) is 2. The Morgan fingerprint density at radius 3 is 2.62 bits per heavy atom. The minimum absolute atomic E-state index is 0.369. The van der Waals surface area contributed by atoms with Crippen molar-refractivity contribution in [3.05, 3.63) is 0 Å². The van der Waals surface area contributed by atoms with Crippen molar-refractivity contribution in [1.82, 2.24) is 10.6 Å². The van der Waals surface area contributed by atoms with Gasteiger partial charge in [-0.15, -0.1) is 0 Å². The third-order valence-electron chi connectivity index (χ3n) is 3.80. The van der Waals surface area contributed by atoms with Crippen molar-refractivity contribution in [1.29, 1.82) is 0 Å². The Morgan fingerprint density at radius 2 is 2.06 bits per heavy atom. The van der Waals surface area contributed by atoms with E-state index in [1.54, 1.807) is 0 Å². The SMILES string of the molecule is CCC(C)CNCC1(COC)CCNCC1. The molecule has 1 unspecified atom stereocenters. The Bertz CT molecular complexity index is 173. The third-order valence-corrected chi connectivity index (χ3v) is 3.80. The van der Waals surface area contributed by atoms with Gasteiger partial charge in [0.05, 0.1) is 6.61 Å². The molecule has 1 heterocycles. The molecule has 0 bridgehead atoms. The molecular weight excluding hydrogens is 200 g/mol. The van der Waals surface area contributed by atoms with E-state index < -0.39 is 0 Å². The van der Waals surface area contributed by atoms with Crippen molar-refractivity contribution in [2.75, 3.05) is 39.9 Å². The number of methoxy groups -OCH3 is 1. The van der Waals surface area contributed by atoms with Crippen molar-refractivity contribution in [3.8, 4) is 0 Å². The van der Waals surface area contributed by atoms with Crippen molar-refractivity contribution in [2.24, 2.45) is 11.3 Å². The van der Waals surface area contributed by atoms with E-state index in [0.29, 0.717) is 5.41 Å². The minimum atomic E-state index is 0.369. The smallest absolute Gasteiger partial charge is 0.0531 e. The zero-order valence-corrected chi connectivity index (χ0v) is 11.1. The van der Waals surface area contributed by atoms with E-state index in [4.69, 9.17) is 4.74 Å². The zero-order chi connectivity index (χ0) is 11.9. The molecule has 1 aliphatic rings. The van der Waals surface area contributed by atoms with Crippen molar-refractivity contribution >= 4 is 0 Å².